The fourth-order valence-electron chi connectivity index (χ4n) is 3.12. The molecule has 2 N–H and O–H groups in total. The number of hydrogen-bond acceptors (Lipinski definition) is 5. The third-order valence-electron chi connectivity index (χ3n) is 4.56. The van der Waals surface area contributed by atoms with Gasteiger partial charge in [-0.25, -0.2) is 9.37 Å². The Hall–Kier alpha value is -3.68. The minimum absolute atomic E-state index is 0.112. The average Bonchev–Trinajstić information content (AvgIpc) is 3.15. The summed E-state index contributed by atoms with van der Waals surface area (Å²) < 4.78 is 14.3. The van der Waals surface area contributed by atoms with Crippen LogP contribution in [-0.2, 0) is 13.1 Å². The first kappa shape index (κ1) is 17.7. The number of para-hydroxylation sites is 1. The van der Waals surface area contributed by atoms with E-state index in [1.54, 1.807) is 0 Å². The van der Waals surface area contributed by atoms with E-state index in [9.17, 15) is 19.1 Å². The van der Waals surface area contributed by atoms with Crippen molar-refractivity contribution in [2.45, 2.75) is 13.1 Å². The number of carbonyl (C=O) groups is 1. The van der Waals surface area contributed by atoms with Crippen molar-refractivity contribution < 1.29 is 14.3 Å². The molecule has 1 aliphatic heterocycles. The molecule has 142 valence electrons. The van der Waals surface area contributed by atoms with Crippen LogP contribution in [0.3, 0.4) is 0 Å². The van der Waals surface area contributed by atoms with Gasteiger partial charge >= 0.3 is 0 Å². The summed E-state index contributed by atoms with van der Waals surface area (Å²) in [6.07, 6.45) is 0. The number of aromatic nitrogens is 2. The molecule has 7 nitrogen and oxygen atoms in total. The first-order valence-corrected chi connectivity index (χ1v) is 8.73. The van der Waals surface area contributed by atoms with Gasteiger partial charge in [0.05, 0.1) is 0 Å². The molecular weight excluding hydrogens is 363 g/mol. The molecule has 0 aliphatic carbocycles. The number of anilines is 2. The first-order chi connectivity index (χ1) is 13.5. The van der Waals surface area contributed by atoms with E-state index < -0.39 is 17.2 Å². The molecule has 3 aromatic rings. The van der Waals surface area contributed by atoms with E-state index in [-0.39, 0.29) is 18.1 Å². The predicted octanol–water partition coefficient (Wildman–Crippen LogP) is 2.17. The zero-order valence-electron chi connectivity index (χ0n) is 14.8. The Morgan fingerprint density at radius 1 is 1.11 bits per heavy atom. The molecule has 0 fully saturated rings. The van der Waals surface area contributed by atoms with E-state index in [4.69, 9.17) is 0 Å². The van der Waals surface area contributed by atoms with Gasteiger partial charge in [0.1, 0.15) is 5.82 Å². The maximum Gasteiger partial charge on any atom is 0.298 e. The molecule has 0 bridgehead atoms. The lowest BCUT2D eigenvalue weighted by atomic mass is 10.2. The maximum absolute atomic E-state index is 13.0. The van der Waals surface area contributed by atoms with Gasteiger partial charge in [-0.3, -0.25) is 14.2 Å². The lowest BCUT2D eigenvalue weighted by Gasteiger charge is -2.18. The molecule has 0 spiro atoms. The summed E-state index contributed by atoms with van der Waals surface area (Å²) in [5, 5.41) is 12.8. The minimum Gasteiger partial charge on any atom is -0.501 e. The molecule has 2 aromatic carbocycles. The van der Waals surface area contributed by atoms with Crippen LogP contribution in [0.25, 0.3) is 0 Å². The topological polar surface area (TPSA) is 87.5 Å². The van der Waals surface area contributed by atoms with Gasteiger partial charge in [0.15, 0.2) is 5.69 Å². The highest BCUT2D eigenvalue weighted by molar-refractivity contribution is 5.95. The van der Waals surface area contributed by atoms with Gasteiger partial charge in [0, 0.05) is 25.3 Å². The summed E-state index contributed by atoms with van der Waals surface area (Å²) in [6, 6.07) is 15.0. The van der Waals surface area contributed by atoms with E-state index >= 15 is 0 Å². The highest BCUT2D eigenvalue weighted by Gasteiger charge is 2.28. The Kier molecular flexibility index (Phi) is 4.52. The second kappa shape index (κ2) is 7.15. The van der Waals surface area contributed by atoms with Crippen LogP contribution in [-0.4, -0.2) is 27.1 Å². The van der Waals surface area contributed by atoms with E-state index in [1.165, 1.54) is 28.8 Å². The Bertz CT molecular complexity index is 1080. The van der Waals surface area contributed by atoms with Gasteiger partial charge in [-0.1, -0.05) is 30.3 Å². The quantitative estimate of drug-likeness (QED) is 0.724. The molecule has 2 heterocycles. The second-order valence-corrected chi connectivity index (χ2v) is 6.36. The van der Waals surface area contributed by atoms with Crippen LogP contribution in [0.4, 0.5) is 16.0 Å². The van der Waals surface area contributed by atoms with Gasteiger partial charge in [-0.05, 0) is 29.8 Å². The lowest BCUT2D eigenvalue weighted by molar-refractivity contribution is 0.0942. The van der Waals surface area contributed by atoms with Crippen molar-refractivity contribution in [2.24, 2.45) is 0 Å². The number of carbonyl (C=O) groups excluding carboxylic acids is 1. The van der Waals surface area contributed by atoms with Gasteiger partial charge < -0.3 is 15.3 Å². The first-order valence-electron chi connectivity index (χ1n) is 8.73. The highest BCUT2D eigenvalue weighted by Crippen LogP contribution is 2.28. The number of rotatable bonds is 4. The smallest absolute Gasteiger partial charge is 0.298 e. The van der Waals surface area contributed by atoms with E-state index in [2.05, 4.69) is 10.3 Å². The molecule has 1 amide bonds. The summed E-state index contributed by atoms with van der Waals surface area (Å²) in [4.78, 5) is 31.1. The monoisotopic (exact) mass is 380 g/mol. The second-order valence-electron chi connectivity index (χ2n) is 6.36. The van der Waals surface area contributed by atoms with Crippen LogP contribution in [0.15, 0.2) is 59.4 Å². The molecule has 0 atom stereocenters. The molecule has 0 saturated heterocycles. The summed E-state index contributed by atoms with van der Waals surface area (Å²) in [5.41, 5.74) is 0.526. The SMILES string of the molecule is O=C(NCc1ccc(F)cc1)c1nc2n(c(=O)c1O)CCN2c1ccccc1. The predicted molar refractivity (Wildman–Crippen MR) is 101 cm³/mol. The molecular formula is C20H17FN4O3. The molecule has 0 radical (unpaired) electrons. The Morgan fingerprint density at radius 3 is 2.54 bits per heavy atom. The average molecular weight is 380 g/mol. The van der Waals surface area contributed by atoms with Crippen LogP contribution in [0.1, 0.15) is 16.1 Å². The van der Waals surface area contributed by atoms with E-state index in [0.717, 1.165) is 5.69 Å². The molecule has 8 heteroatoms. The number of aromatic hydroxyl groups is 1. The molecule has 28 heavy (non-hydrogen) atoms. The fraction of sp³-hybridized carbons (Fsp3) is 0.150. The van der Waals surface area contributed by atoms with E-state index in [1.807, 2.05) is 35.2 Å². The third kappa shape index (κ3) is 3.20. The van der Waals surface area contributed by atoms with E-state index in [0.29, 0.717) is 24.6 Å². The van der Waals surface area contributed by atoms with Gasteiger partial charge in [0.2, 0.25) is 11.7 Å². The van der Waals surface area contributed by atoms with Gasteiger partial charge in [-0.15, -0.1) is 0 Å². The Labute approximate surface area is 159 Å². The van der Waals surface area contributed by atoms with Crippen LogP contribution in [0.5, 0.6) is 5.75 Å². The summed E-state index contributed by atoms with van der Waals surface area (Å²) in [6.45, 7) is 0.981. The Morgan fingerprint density at radius 2 is 1.82 bits per heavy atom. The Balaban J connectivity index is 1.63. The number of fused-ring (bicyclic) bond motifs is 1. The fourth-order valence-corrected chi connectivity index (χ4v) is 3.12. The number of halogens is 1. The molecule has 1 aliphatic rings. The van der Waals surface area contributed by atoms with Gasteiger partial charge in [0.25, 0.3) is 11.5 Å². The number of nitrogens with one attached hydrogen (secondary N) is 1. The normalized spacial score (nSPS) is 12.7. The van der Waals surface area contributed by atoms with Crippen LogP contribution < -0.4 is 15.8 Å². The van der Waals surface area contributed by atoms with Crippen molar-refractivity contribution in [2.75, 3.05) is 11.4 Å². The summed E-state index contributed by atoms with van der Waals surface area (Å²) in [5.74, 6) is -1.43. The largest absolute Gasteiger partial charge is 0.501 e. The zero-order valence-corrected chi connectivity index (χ0v) is 14.8. The van der Waals surface area contributed by atoms with Crippen molar-refractivity contribution in [1.82, 2.24) is 14.9 Å². The lowest BCUT2D eigenvalue weighted by Crippen LogP contribution is -2.29. The maximum atomic E-state index is 13.0. The van der Waals surface area contributed by atoms with Crippen molar-refractivity contribution in [3.05, 3.63) is 82.0 Å². The number of benzene rings is 2. The number of hydrogen-bond donors (Lipinski definition) is 2. The zero-order chi connectivity index (χ0) is 19.7. The van der Waals surface area contributed by atoms with Crippen LogP contribution in [0, 0.1) is 5.82 Å². The third-order valence-corrected chi connectivity index (χ3v) is 4.56. The van der Waals surface area contributed by atoms with Crippen molar-refractivity contribution in [3.8, 4) is 5.75 Å². The summed E-state index contributed by atoms with van der Waals surface area (Å²) >= 11 is 0. The highest BCUT2D eigenvalue weighted by atomic mass is 19.1. The number of amides is 1. The van der Waals surface area contributed by atoms with Gasteiger partial charge in [-0.2, -0.15) is 0 Å². The molecule has 1 aromatic heterocycles. The van der Waals surface area contributed by atoms with Crippen LogP contribution in [0.2, 0.25) is 0 Å². The molecule has 4 rings (SSSR count). The van der Waals surface area contributed by atoms with Crippen LogP contribution >= 0.6 is 0 Å². The van der Waals surface area contributed by atoms with Crippen molar-refractivity contribution >= 4 is 17.5 Å². The minimum atomic E-state index is -0.685. The number of nitrogens with zero attached hydrogens (tertiary/aromatic N) is 3. The molecule has 0 saturated carbocycles. The van der Waals surface area contributed by atoms with Crippen molar-refractivity contribution in [1.29, 1.82) is 0 Å². The van der Waals surface area contributed by atoms with Crippen molar-refractivity contribution in [3.63, 3.8) is 0 Å². The summed E-state index contributed by atoms with van der Waals surface area (Å²) in [7, 11) is 0. The molecule has 0 unspecified atom stereocenters. The standard InChI is InChI=1S/C20H17FN4O3/c21-14-8-6-13(7-9-14)12-22-18(27)16-17(26)19(28)25-11-10-24(20(25)23-16)15-4-2-1-3-5-15/h1-9,26H,10-12H2,(H,22,27).